The lowest BCUT2D eigenvalue weighted by Gasteiger charge is -2.59. The third-order valence-corrected chi connectivity index (χ3v) is 12.5. The van der Waals surface area contributed by atoms with E-state index >= 15 is 0 Å². The maximum absolute atomic E-state index is 13.4. The van der Waals surface area contributed by atoms with Gasteiger partial charge in [-0.1, -0.05) is 36.8 Å². The Hall–Kier alpha value is -2.14. The minimum Gasteiger partial charge on any atom is -0.314 e. The Labute approximate surface area is 287 Å². The van der Waals surface area contributed by atoms with Gasteiger partial charge in [0, 0.05) is 64.4 Å². The lowest BCUT2D eigenvalue weighted by molar-refractivity contribution is -0.143. The van der Waals surface area contributed by atoms with E-state index in [-0.39, 0.29) is 24.1 Å². The van der Waals surface area contributed by atoms with Crippen molar-refractivity contribution in [3.8, 4) is 0 Å². The van der Waals surface area contributed by atoms with Gasteiger partial charge in [0.2, 0.25) is 0 Å². The summed E-state index contributed by atoms with van der Waals surface area (Å²) in [4.78, 5) is 7.71. The van der Waals surface area contributed by atoms with Crippen molar-refractivity contribution >= 4 is 0 Å². The summed E-state index contributed by atoms with van der Waals surface area (Å²) in [5, 5.41) is 3.44. The lowest BCUT2D eigenvalue weighted by Crippen LogP contribution is -2.55. The van der Waals surface area contributed by atoms with Gasteiger partial charge in [-0.05, 0) is 117 Å². The molecule has 2 unspecified atom stereocenters. The third-order valence-electron chi connectivity index (χ3n) is 12.5. The molecule has 0 amide bonds. The molecule has 2 aliphatic heterocycles. The zero-order valence-electron chi connectivity index (χ0n) is 28.6. The molecule has 0 aromatic heterocycles. The molecule has 6 aliphatic rings. The molecule has 1 N–H and O–H groups in total. The van der Waals surface area contributed by atoms with Crippen LogP contribution in [-0.2, 0) is 18.8 Å². The summed E-state index contributed by atoms with van der Waals surface area (Å²) >= 11 is 0. The van der Waals surface area contributed by atoms with E-state index in [9.17, 15) is 26.3 Å². The topological polar surface area (TPSA) is 21.8 Å². The molecule has 0 spiro atoms. The van der Waals surface area contributed by atoms with E-state index in [0.29, 0.717) is 18.0 Å². The van der Waals surface area contributed by atoms with Crippen LogP contribution in [0.2, 0.25) is 0 Å². The molecule has 2 aromatic rings. The number of hydrogen-bond donors (Lipinski definition) is 1. The Morgan fingerprint density at radius 3 is 2.02 bits per heavy atom. The molecule has 2 saturated heterocycles. The molecule has 0 radical (unpaired) electrons. The number of hydrogen-bond acceptors (Lipinski definition) is 4. The van der Waals surface area contributed by atoms with E-state index in [0.717, 1.165) is 95.0 Å². The summed E-state index contributed by atoms with van der Waals surface area (Å²) in [6, 6.07) is 13.6. The molecule has 2 aromatic carbocycles. The summed E-state index contributed by atoms with van der Waals surface area (Å²) in [5.74, 6) is 2.88. The van der Waals surface area contributed by atoms with Crippen LogP contribution in [-0.4, -0.2) is 79.6 Å². The average Bonchev–Trinajstić information content (AvgIpc) is 3.05. The van der Waals surface area contributed by atoms with Gasteiger partial charge in [0.15, 0.2) is 0 Å². The van der Waals surface area contributed by atoms with Crippen molar-refractivity contribution in [3.05, 3.63) is 70.8 Å². The number of unbranched alkanes of at least 4 members (excludes halogenated alkanes) is 1. The molecule has 270 valence electrons. The maximum atomic E-state index is 13.4. The van der Waals surface area contributed by atoms with Crippen LogP contribution in [0.3, 0.4) is 0 Å². The van der Waals surface area contributed by atoms with Gasteiger partial charge in [-0.2, -0.15) is 26.3 Å². The molecule has 49 heavy (non-hydrogen) atoms. The molecule has 4 aliphatic carbocycles. The molecule has 8 rings (SSSR count). The fourth-order valence-electron chi connectivity index (χ4n) is 10.7. The van der Waals surface area contributed by atoms with Crippen LogP contribution in [0, 0.1) is 23.2 Å². The second-order valence-electron chi connectivity index (χ2n) is 16.2. The van der Waals surface area contributed by atoms with Crippen LogP contribution in [0.15, 0.2) is 48.5 Å². The Morgan fingerprint density at radius 2 is 1.39 bits per heavy atom. The molecular weight excluding hydrogens is 638 g/mol. The fraction of sp³-hybridized carbons (Fsp3) is 0.692. The van der Waals surface area contributed by atoms with Gasteiger partial charge in [-0.15, -0.1) is 0 Å². The molecule has 6 fully saturated rings. The maximum Gasteiger partial charge on any atom is 0.416 e. The van der Waals surface area contributed by atoms with Crippen molar-refractivity contribution < 1.29 is 26.3 Å². The zero-order chi connectivity index (χ0) is 34.2. The first-order chi connectivity index (χ1) is 23.4. The van der Waals surface area contributed by atoms with Gasteiger partial charge in [0.25, 0.3) is 0 Å². The Balaban J connectivity index is 0.920. The second-order valence-corrected chi connectivity index (χ2v) is 16.2. The van der Waals surface area contributed by atoms with Gasteiger partial charge in [0.1, 0.15) is 0 Å². The van der Waals surface area contributed by atoms with Crippen LogP contribution in [0.25, 0.3) is 0 Å². The minimum absolute atomic E-state index is 0.0785. The molecular formula is C39H52F6N4. The molecule has 10 heteroatoms. The first-order valence-electron chi connectivity index (χ1n) is 18.7. The van der Waals surface area contributed by atoms with Crippen molar-refractivity contribution in [2.75, 3.05) is 58.9 Å². The summed E-state index contributed by atoms with van der Waals surface area (Å²) in [6.07, 6.45) is 2.29. The van der Waals surface area contributed by atoms with E-state index in [4.69, 9.17) is 0 Å². The van der Waals surface area contributed by atoms with Crippen molar-refractivity contribution in [1.29, 1.82) is 0 Å². The smallest absolute Gasteiger partial charge is 0.314 e. The van der Waals surface area contributed by atoms with Crippen molar-refractivity contribution in [2.24, 2.45) is 23.2 Å². The van der Waals surface area contributed by atoms with Crippen LogP contribution in [0.5, 0.6) is 0 Å². The van der Waals surface area contributed by atoms with Gasteiger partial charge in [0.05, 0.1) is 11.1 Å². The van der Waals surface area contributed by atoms with E-state index in [1.54, 1.807) is 0 Å². The Bertz CT molecular complexity index is 1330. The van der Waals surface area contributed by atoms with Gasteiger partial charge < -0.3 is 10.2 Å². The SMILES string of the molecule is FC(F)(F)c1cc(CCN2CCNCC2CCCCN2CCN(CC34CC5CC(CC(C5)C3)C4)C(c3ccccc3)C2)cc(C(F)(F)F)c1. The molecule has 2 heterocycles. The average molecular weight is 691 g/mol. The highest BCUT2D eigenvalue weighted by Crippen LogP contribution is 2.60. The Kier molecular flexibility index (Phi) is 10.4. The predicted octanol–water partition coefficient (Wildman–Crippen LogP) is 8.29. The lowest BCUT2D eigenvalue weighted by atomic mass is 9.49. The van der Waals surface area contributed by atoms with Gasteiger partial charge in [-0.3, -0.25) is 9.80 Å². The molecule has 4 saturated carbocycles. The van der Waals surface area contributed by atoms with E-state index in [2.05, 4.69) is 50.3 Å². The third kappa shape index (κ3) is 8.50. The first kappa shape index (κ1) is 35.3. The van der Waals surface area contributed by atoms with Crippen LogP contribution in [0.1, 0.15) is 86.1 Å². The summed E-state index contributed by atoms with van der Waals surface area (Å²) in [7, 11) is 0. The zero-order valence-corrected chi connectivity index (χ0v) is 28.6. The highest BCUT2D eigenvalue weighted by Gasteiger charge is 2.52. The molecule has 2 atom stereocenters. The van der Waals surface area contributed by atoms with Crippen molar-refractivity contribution in [2.45, 2.75) is 88.6 Å². The number of nitrogens with zero attached hydrogens (tertiary/aromatic N) is 3. The number of piperazine rings is 2. The first-order valence-corrected chi connectivity index (χ1v) is 18.7. The number of halogens is 6. The van der Waals surface area contributed by atoms with E-state index < -0.39 is 23.5 Å². The molecule has 4 bridgehead atoms. The number of benzene rings is 2. The normalized spacial score (nSPS) is 31.4. The fourth-order valence-corrected chi connectivity index (χ4v) is 10.7. The van der Waals surface area contributed by atoms with Crippen LogP contribution < -0.4 is 5.32 Å². The standard InChI is InChI=1S/C39H52F6N4/c40-38(41,42)33-19-28(20-34(21-33)39(43,44)45)9-12-48-13-10-46-25-35(48)8-4-5-11-47-14-15-49(36(26-47)32-6-2-1-3-7-32)27-37-22-29-16-30(23-37)18-31(17-29)24-37/h1-3,6-7,19-21,29-31,35-36,46H,4-5,8-18,22-27H2. The van der Waals surface area contributed by atoms with E-state index in [1.165, 1.54) is 50.6 Å². The summed E-state index contributed by atoms with van der Waals surface area (Å²) in [6.45, 7) is 8.25. The largest absolute Gasteiger partial charge is 0.416 e. The second kappa shape index (κ2) is 14.5. The quantitative estimate of drug-likeness (QED) is 0.189. The summed E-state index contributed by atoms with van der Waals surface area (Å²) < 4.78 is 80.3. The molecule has 4 nitrogen and oxygen atoms in total. The Morgan fingerprint density at radius 1 is 0.735 bits per heavy atom. The number of nitrogens with one attached hydrogen (secondary N) is 1. The highest BCUT2D eigenvalue weighted by atomic mass is 19.4. The summed E-state index contributed by atoms with van der Waals surface area (Å²) in [5.41, 5.74) is -0.459. The van der Waals surface area contributed by atoms with Crippen molar-refractivity contribution in [3.63, 3.8) is 0 Å². The van der Waals surface area contributed by atoms with Crippen molar-refractivity contribution in [1.82, 2.24) is 20.0 Å². The number of alkyl halides is 6. The van der Waals surface area contributed by atoms with Crippen LogP contribution >= 0.6 is 0 Å². The predicted molar refractivity (Wildman–Crippen MR) is 180 cm³/mol. The minimum atomic E-state index is -4.82. The van der Waals surface area contributed by atoms with Gasteiger partial charge >= 0.3 is 12.4 Å². The monoisotopic (exact) mass is 690 g/mol. The van der Waals surface area contributed by atoms with Crippen LogP contribution in [0.4, 0.5) is 26.3 Å². The van der Waals surface area contributed by atoms with Gasteiger partial charge in [-0.25, -0.2) is 0 Å². The number of rotatable bonds is 11. The van der Waals surface area contributed by atoms with E-state index in [1.807, 2.05) is 0 Å². The highest BCUT2D eigenvalue weighted by molar-refractivity contribution is 5.34.